The maximum Gasteiger partial charge on any atom is 0.306 e. The summed E-state index contributed by atoms with van der Waals surface area (Å²) in [5.41, 5.74) is 0. The highest BCUT2D eigenvalue weighted by atomic mass is 16.6. The summed E-state index contributed by atoms with van der Waals surface area (Å²) < 4.78 is 16.7. The molecule has 0 aliphatic heterocycles. The van der Waals surface area contributed by atoms with Gasteiger partial charge in [0.05, 0.1) is 0 Å². The summed E-state index contributed by atoms with van der Waals surface area (Å²) in [5, 5.41) is 0. The van der Waals surface area contributed by atoms with E-state index in [4.69, 9.17) is 14.2 Å². The molecule has 0 aliphatic carbocycles. The van der Waals surface area contributed by atoms with Crippen molar-refractivity contribution >= 4 is 17.9 Å². The van der Waals surface area contributed by atoms with Crippen LogP contribution in [0.5, 0.6) is 0 Å². The minimum Gasteiger partial charge on any atom is -0.462 e. The third kappa shape index (κ3) is 50.0. The van der Waals surface area contributed by atoms with E-state index in [0.717, 1.165) is 96.3 Å². The van der Waals surface area contributed by atoms with Gasteiger partial charge in [0, 0.05) is 19.3 Å². The van der Waals surface area contributed by atoms with Crippen molar-refractivity contribution in [2.45, 2.75) is 271 Å². The first-order valence-electron chi connectivity index (χ1n) is 26.8. The van der Waals surface area contributed by atoms with Gasteiger partial charge in [-0.25, -0.2) is 0 Å². The van der Waals surface area contributed by atoms with Gasteiger partial charge in [0.25, 0.3) is 0 Å². The van der Waals surface area contributed by atoms with E-state index in [1.807, 2.05) is 0 Å². The second kappa shape index (κ2) is 51.7. The van der Waals surface area contributed by atoms with Crippen molar-refractivity contribution in [3.8, 4) is 0 Å². The standard InChI is InChI=1S/C57H100O6/c1-4-7-10-13-16-18-20-22-24-26-27-28-29-31-32-34-36-38-41-44-47-50-56(59)62-53-54(52-61-55(58)49-46-43-40-15-12-9-6-3)63-57(60)51-48-45-42-39-37-35-33-30-25-23-21-19-17-14-11-8-5-2/h8,11,17,19,23,25-27,33,35,54H,4-7,9-10,12-16,18,20-22,24,28-32,34,36-53H2,1-3H3/b11-8-,19-17-,25-23-,27-26-,35-33-. The van der Waals surface area contributed by atoms with Crippen molar-refractivity contribution in [2.75, 3.05) is 13.2 Å². The van der Waals surface area contributed by atoms with Crippen LogP contribution in [0.15, 0.2) is 60.8 Å². The molecule has 0 heterocycles. The molecule has 364 valence electrons. The first-order valence-corrected chi connectivity index (χ1v) is 26.8. The molecule has 0 saturated carbocycles. The first kappa shape index (κ1) is 60.1. The minimum atomic E-state index is -0.784. The topological polar surface area (TPSA) is 78.9 Å². The van der Waals surface area contributed by atoms with E-state index in [-0.39, 0.29) is 31.1 Å². The van der Waals surface area contributed by atoms with Gasteiger partial charge in [0.15, 0.2) is 6.10 Å². The number of hydrogen-bond donors (Lipinski definition) is 0. The van der Waals surface area contributed by atoms with E-state index in [1.165, 1.54) is 128 Å². The molecule has 0 rings (SSSR count). The molecule has 0 bridgehead atoms. The van der Waals surface area contributed by atoms with Crippen LogP contribution in [-0.2, 0) is 28.6 Å². The molecule has 63 heavy (non-hydrogen) atoms. The fourth-order valence-corrected chi connectivity index (χ4v) is 7.49. The Kier molecular flexibility index (Phi) is 49.4. The molecule has 1 atom stereocenters. The van der Waals surface area contributed by atoms with E-state index in [1.54, 1.807) is 0 Å². The Hall–Kier alpha value is -2.89. The molecule has 6 heteroatoms. The lowest BCUT2D eigenvalue weighted by molar-refractivity contribution is -0.167. The average molecular weight is 881 g/mol. The van der Waals surface area contributed by atoms with E-state index in [9.17, 15) is 14.4 Å². The number of esters is 3. The summed E-state index contributed by atoms with van der Waals surface area (Å²) in [6.45, 7) is 6.47. The smallest absolute Gasteiger partial charge is 0.306 e. The Balaban J connectivity index is 4.25. The highest BCUT2D eigenvalue weighted by Crippen LogP contribution is 2.15. The normalized spacial score (nSPS) is 12.5. The zero-order valence-corrected chi connectivity index (χ0v) is 41.6. The second-order valence-electron chi connectivity index (χ2n) is 17.8. The Bertz CT molecular complexity index is 1150. The average Bonchev–Trinajstić information content (AvgIpc) is 3.28. The summed E-state index contributed by atoms with van der Waals surface area (Å²) >= 11 is 0. The summed E-state index contributed by atoms with van der Waals surface area (Å²) in [6.07, 6.45) is 63.7. The Morgan fingerprint density at radius 3 is 0.984 bits per heavy atom. The van der Waals surface area contributed by atoms with Crippen molar-refractivity contribution in [2.24, 2.45) is 0 Å². The van der Waals surface area contributed by atoms with Crippen LogP contribution in [0.3, 0.4) is 0 Å². The number of rotatable bonds is 48. The molecule has 0 aromatic carbocycles. The van der Waals surface area contributed by atoms with E-state index in [2.05, 4.69) is 81.5 Å². The Labute approximate surface area is 390 Å². The lowest BCUT2D eigenvalue weighted by atomic mass is 10.1. The van der Waals surface area contributed by atoms with E-state index in [0.29, 0.717) is 19.3 Å². The fourth-order valence-electron chi connectivity index (χ4n) is 7.49. The van der Waals surface area contributed by atoms with Gasteiger partial charge >= 0.3 is 17.9 Å². The maximum absolute atomic E-state index is 12.8. The van der Waals surface area contributed by atoms with Gasteiger partial charge in [-0.2, -0.15) is 0 Å². The second-order valence-corrected chi connectivity index (χ2v) is 17.8. The number of unbranched alkanes of at least 4 members (excludes halogenated alkanes) is 27. The maximum atomic E-state index is 12.8. The van der Waals surface area contributed by atoms with Crippen LogP contribution >= 0.6 is 0 Å². The number of allylic oxidation sites excluding steroid dienone is 10. The van der Waals surface area contributed by atoms with Gasteiger partial charge in [-0.3, -0.25) is 14.4 Å². The van der Waals surface area contributed by atoms with E-state index >= 15 is 0 Å². The Morgan fingerprint density at radius 2 is 0.619 bits per heavy atom. The van der Waals surface area contributed by atoms with E-state index < -0.39 is 6.10 Å². The lowest BCUT2D eigenvalue weighted by Gasteiger charge is -2.18. The third-order valence-corrected chi connectivity index (χ3v) is 11.5. The summed E-state index contributed by atoms with van der Waals surface area (Å²) in [5.74, 6) is -0.911. The van der Waals surface area contributed by atoms with Gasteiger partial charge < -0.3 is 14.2 Å². The summed E-state index contributed by atoms with van der Waals surface area (Å²) in [6, 6.07) is 0. The lowest BCUT2D eigenvalue weighted by Crippen LogP contribution is -2.30. The van der Waals surface area contributed by atoms with Gasteiger partial charge in [0.2, 0.25) is 0 Å². The van der Waals surface area contributed by atoms with Crippen molar-refractivity contribution in [1.29, 1.82) is 0 Å². The molecule has 0 aromatic rings. The minimum absolute atomic E-state index is 0.0840. The Morgan fingerprint density at radius 1 is 0.333 bits per heavy atom. The summed E-state index contributed by atoms with van der Waals surface area (Å²) in [4.78, 5) is 37.8. The molecule has 0 aromatic heterocycles. The van der Waals surface area contributed by atoms with Crippen LogP contribution in [0.25, 0.3) is 0 Å². The molecular formula is C57H100O6. The monoisotopic (exact) mass is 881 g/mol. The molecule has 0 N–H and O–H groups in total. The molecule has 0 spiro atoms. The molecule has 0 aliphatic rings. The third-order valence-electron chi connectivity index (χ3n) is 11.5. The highest BCUT2D eigenvalue weighted by Gasteiger charge is 2.19. The predicted octanol–water partition coefficient (Wildman–Crippen LogP) is 17.6. The van der Waals surface area contributed by atoms with Gasteiger partial charge in [-0.05, 0) is 83.5 Å². The van der Waals surface area contributed by atoms with Gasteiger partial charge in [0.1, 0.15) is 13.2 Å². The molecule has 1 unspecified atom stereocenters. The number of carbonyl (C=O) groups is 3. The fraction of sp³-hybridized carbons (Fsp3) is 0.772. The number of carbonyl (C=O) groups excluding carboxylic acids is 3. The largest absolute Gasteiger partial charge is 0.462 e. The molecular weight excluding hydrogens is 781 g/mol. The first-order chi connectivity index (χ1) is 31.0. The van der Waals surface area contributed by atoms with Crippen molar-refractivity contribution in [3.05, 3.63) is 60.8 Å². The van der Waals surface area contributed by atoms with Crippen LogP contribution in [-0.4, -0.2) is 37.2 Å². The van der Waals surface area contributed by atoms with Crippen molar-refractivity contribution in [1.82, 2.24) is 0 Å². The predicted molar refractivity (Wildman–Crippen MR) is 270 cm³/mol. The molecule has 0 radical (unpaired) electrons. The molecule has 0 saturated heterocycles. The van der Waals surface area contributed by atoms with Crippen LogP contribution in [0, 0.1) is 0 Å². The number of hydrogen-bond acceptors (Lipinski definition) is 6. The van der Waals surface area contributed by atoms with Crippen molar-refractivity contribution < 1.29 is 28.6 Å². The van der Waals surface area contributed by atoms with Crippen LogP contribution in [0.4, 0.5) is 0 Å². The van der Waals surface area contributed by atoms with Crippen LogP contribution < -0.4 is 0 Å². The molecule has 0 fully saturated rings. The van der Waals surface area contributed by atoms with Crippen LogP contribution in [0.1, 0.15) is 265 Å². The van der Waals surface area contributed by atoms with Gasteiger partial charge in [-0.15, -0.1) is 0 Å². The molecule has 0 amide bonds. The van der Waals surface area contributed by atoms with Gasteiger partial charge in [-0.1, -0.05) is 223 Å². The molecule has 6 nitrogen and oxygen atoms in total. The SMILES string of the molecule is CC/C=C\C/C=C\C/C=C\C/C=C\CCCCCCC(=O)OC(COC(=O)CCCCCCCCC)COC(=O)CCCCCCCCCCC/C=C\CCCCCCCCCC. The van der Waals surface area contributed by atoms with Crippen LogP contribution in [0.2, 0.25) is 0 Å². The zero-order valence-electron chi connectivity index (χ0n) is 41.6. The highest BCUT2D eigenvalue weighted by molar-refractivity contribution is 5.71. The van der Waals surface area contributed by atoms with Crippen molar-refractivity contribution in [3.63, 3.8) is 0 Å². The number of ether oxygens (including phenoxy) is 3. The zero-order chi connectivity index (χ0) is 45.8. The quantitative estimate of drug-likeness (QED) is 0.0262. The summed E-state index contributed by atoms with van der Waals surface area (Å²) in [7, 11) is 0.